The Kier molecular flexibility index (Phi) is 5.49. The fourth-order valence-corrected chi connectivity index (χ4v) is 2.82. The van der Waals surface area contributed by atoms with Crippen LogP contribution in [0.5, 0.6) is 5.75 Å². The third-order valence-electron chi connectivity index (χ3n) is 4.21. The summed E-state index contributed by atoms with van der Waals surface area (Å²) >= 11 is 0. The summed E-state index contributed by atoms with van der Waals surface area (Å²) in [4.78, 5) is 16.8. The van der Waals surface area contributed by atoms with Crippen molar-refractivity contribution in [3.05, 3.63) is 83.4 Å². The van der Waals surface area contributed by atoms with Crippen LogP contribution in [0, 0.1) is 11.6 Å². The lowest BCUT2D eigenvalue weighted by atomic mass is 10.0. The molecule has 0 saturated heterocycles. The maximum atomic E-state index is 13.8. The van der Waals surface area contributed by atoms with Crippen LogP contribution in [-0.4, -0.2) is 22.6 Å². The van der Waals surface area contributed by atoms with E-state index in [4.69, 9.17) is 4.74 Å². The maximum Gasteiger partial charge on any atom is 0.225 e. The van der Waals surface area contributed by atoms with E-state index in [1.165, 1.54) is 31.4 Å². The van der Waals surface area contributed by atoms with Gasteiger partial charge in [0.05, 0.1) is 13.5 Å². The lowest BCUT2D eigenvalue weighted by molar-refractivity contribution is -0.121. The monoisotopic (exact) mass is 371 g/mol. The number of nitrogens with zero attached hydrogens (tertiary/aromatic N) is 2. The molecule has 1 atom stereocenters. The van der Waals surface area contributed by atoms with Gasteiger partial charge in [0, 0.05) is 19.4 Å². The molecule has 0 bridgehead atoms. The van der Waals surface area contributed by atoms with Gasteiger partial charge in [-0.05, 0) is 35.4 Å². The number of amides is 1. The van der Waals surface area contributed by atoms with Crippen LogP contribution in [0.1, 0.15) is 23.0 Å². The van der Waals surface area contributed by atoms with E-state index in [9.17, 15) is 13.6 Å². The van der Waals surface area contributed by atoms with Gasteiger partial charge in [-0.1, -0.05) is 18.2 Å². The van der Waals surface area contributed by atoms with Crippen LogP contribution in [0.3, 0.4) is 0 Å². The molecule has 1 amide bonds. The summed E-state index contributed by atoms with van der Waals surface area (Å²) in [5.74, 6) is -0.469. The van der Waals surface area contributed by atoms with Crippen molar-refractivity contribution in [3.63, 3.8) is 0 Å². The molecule has 3 aromatic rings. The van der Waals surface area contributed by atoms with Crippen molar-refractivity contribution < 1.29 is 18.3 Å². The van der Waals surface area contributed by atoms with Crippen LogP contribution in [-0.2, 0) is 18.3 Å². The number of aryl methyl sites for hydroxylation is 1. The molecule has 7 heteroatoms. The van der Waals surface area contributed by atoms with E-state index in [0.29, 0.717) is 17.0 Å². The molecular formula is C20H19F2N3O2. The number of rotatable bonds is 6. The van der Waals surface area contributed by atoms with Gasteiger partial charge in [0.25, 0.3) is 0 Å². The fourth-order valence-electron chi connectivity index (χ4n) is 2.82. The lowest BCUT2D eigenvalue weighted by Crippen LogP contribution is -2.32. The first-order valence-electron chi connectivity index (χ1n) is 8.32. The molecule has 5 nitrogen and oxygen atoms in total. The zero-order valence-electron chi connectivity index (χ0n) is 14.9. The minimum absolute atomic E-state index is 0.0109. The van der Waals surface area contributed by atoms with Gasteiger partial charge >= 0.3 is 0 Å². The van der Waals surface area contributed by atoms with Crippen LogP contribution < -0.4 is 10.1 Å². The molecule has 1 aromatic heterocycles. The Bertz CT molecular complexity index is 939. The third-order valence-corrected chi connectivity index (χ3v) is 4.21. The first-order chi connectivity index (χ1) is 13.0. The molecule has 1 heterocycles. The molecule has 0 aliphatic heterocycles. The highest BCUT2D eigenvalue weighted by molar-refractivity contribution is 5.79. The van der Waals surface area contributed by atoms with E-state index in [1.807, 2.05) is 7.05 Å². The van der Waals surface area contributed by atoms with E-state index in [2.05, 4.69) is 10.3 Å². The van der Waals surface area contributed by atoms with Gasteiger partial charge in [0.1, 0.15) is 17.7 Å². The Balaban J connectivity index is 1.81. The van der Waals surface area contributed by atoms with Crippen LogP contribution in [0.4, 0.5) is 8.78 Å². The van der Waals surface area contributed by atoms with Crippen molar-refractivity contribution >= 4 is 5.91 Å². The molecule has 0 aliphatic carbocycles. The number of imidazole rings is 1. The smallest absolute Gasteiger partial charge is 0.225 e. The van der Waals surface area contributed by atoms with E-state index >= 15 is 0 Å². The number of aromatic nitrogens is 2. The van der Waals surface area contributed by atoms with Crippen molar-refractivity contribution in [1.82, 2.24) is 14.9 Å². The normalized spacial score (nSPS) is 11.9. The van der Waals surface area contributed by atoms with E-state index < -0.39 is 11.9 Å². The van der Waals surface area contributed by atoms with Gasteiger partial charge < -0.3 is 14.6 Å². The molecular weight excluding hydrogens is 352 g/mol. The first-order valence-corrected chi connectivity index (χ1v) is 8.32. The van der Waals surface area contributed by atoms with Crippen molar-refractivity contribution in [2.45, 2.75) is 12.5 Å². The largest absolute Gasteiger partial charge is 0.494 e. The average Bonchev–Trinajstić information content (AvgIpc) is 3.06. The molecule has 0 spiro atoms. The van der Waals surface area contributed by atoms with E-state index in [-0.39, 0.29) is 23.9 Å². The quantitative estimate of drug-likeness (QED) is 0.724. The second kappa shape index (κ2) is 7.99. The molecule has 0 fully saturated rings. The Morgan fingerprint density at radius 2 is 1.96 bits per heavy atom. The molecule has 0 aliphatic rings. The summed E-state index contributed by atoms with van der Waals surface area (Å²) in [6, 6.07) is 9.69. The SMILES string of the molecule is COc1ccc(CC(=O)N[C@@H](c2ccc(F)cc2)c2nccn2C)cc1F. The zero-order valence-corrected chi connectivity index (χ0v) is 14.9. The number of benzene rings is 2. The average molecular weight is 371 g/mol. The van der Waals surface area contributed by atoms with Gasteiger partial charge in [-0.15, -0.1) is 0 Å². The topological polar surface area (TPSA) is 56.1 Å². The predicted molar refractivity (Wildman–Crippen MR) is 96.2 cm³/mol. The summed E-state index contributed by atoms with van der Waals surface area (Å²) in [5, 5.41) is 2.89. The highest BCUT2D eigenvalue weighted by Crippen LogP contribution is 2.22. The Labute approximate surface area is 155 Å². The van der Waals surface area contributed by atoms with Gasteiger partial charge in [-0.3, -0.25) is 4.79 Å². The first kappa shape index (κ1) is 18.6. The van der Waals surface area contributed by atoms with Crippen LogP contribution in [0.2, 0.25) is 0 Å². The summed E-state index contributed by atoms with van der Waals surface area (Å²) in [6.45, 7) is 0. The van der Waals surface area contributed by atoms with Gasteiger partial charge in [0.2, 0.25) is 5.91 Å². The highest BCUT2D eigenvalue weighted by Gasteiger charge is 2.21. The van der Waals surface area contributed by atoms with Gasteiger partial charge in [0.15, 0.2) is 11.6 Å². The van der Waals surface area contributed by atoms with Crippen molar-refractivity contribution in [3.8, 4) is 5.75 Å². The number of carbonyl (C=O) groups excluding carboxylic acids is 1. The number of methoxy groups -OCH3 is 1. The van der Waals surface area contributed by atoms with Gasteiger partial charge in [-0.25, -0.2) is 13.8 Å². The predicted octanol–water partition coefficient (Wildman–Crippen LogP) is 3.16. The molecule has 140 valence electrons. The molecule has 0 unspecified atom stereocenters. The second-order valence-electron chi connectivity index (χ2n) is 6.09. The summed E-state index contributed by atoms with van der Waals surface area (Å²) < 4.78 is 33.8. The Hall–Kier alpha value is -3.22. The van der Waals surface area contributed by atoms with Crippen LogP contribution in [0.25, 0.3) is 0 Å². The Morgan fingerprint density at radius 3 is 2.56 bits per heavy atom. The van der Waals surface area contributed by atoms with E-state index in [0.717, 1.165) is 0 Å². The zero-order chi connectivity index (χ0) is 19.4. The van der Waals surface area contributed by atoms with Crippen molar-refractivity contribution in [1.29, 1.82) is 0 Å². The van der Waals surface area contributed by atoms with Gasteiger partial charge in [-0.2, -0.15) is 0 Å². The van der Waals surface area contributed by atoms with Crippen LogP contribution in [0.15, 0.2) is 54.9 Å². The molecule has 27 heavy (non-hydrogen) atoms. The lowest BCUT2D eigenvalue weighted by Gasteiger charge is -2.19. The summed E-state index contributed by atoms with van der Waals surface area (Å²) in [5.41, 5.74) is 1.21. The molecule has 0 saturated carbocycles. The van der Waals surface area contributed by atoms with Crippen molar-refractivity contribution in [2.75, 3.05) is 7.11 Å². The molecule has 2 aromatic carbocycles. The number of carbonyl (C=O) groups is 1. The number of halogens is 2. The molecule has 1 N–H and O–H groups in total. The van der Waals surface area contributed by atoms with Crippen LogP contribution >= 0.6 is 0 Å². The standard InChI is InChI=1S/C20H19F2N3O2/c1-25-10-9-23-20(25)19(14-4-6-15(21)7-5-14)24-18(26)12-13-3-8-17(27-2)16(22)11-13/h3-11,19H,12H2,1-2H3,(H,24,26)/t19-/m0/s1. The van der Waals surface area contributed by atoms with Crippen molar-refractivity contribution in [2.24, 2.45) is 7.05 Å². The Morgan fingerprint density at radius 1 is 1.22 bits per heavy atom. The molecule has 3 rings (SSSR count). The summed E-state index contributed by atoms with van der Waals surface area (Å²) in [7, 11) is 3.19. The third kappa shape index (κ3) is 4.31. The second-order valence-corrected chi connectivity index (χ2v) is 6.09. The minimum atomic E-state index is -0.554. The number of ether oxygens (including phenoxy) is 1. The van der Waals surface area contributed by atoms with E-state index in [1.54, 1.807) is 35.2 Å². The summed E-state index contributed by atoms with van der Waals surface area (Å²) in [6.07, 6.45) is 3.37. The molecule has 0 radical (unpaired) electrons. The number of hydrogen-bond acceptors (Lipinski definition) is 3. The maximum absolute atomic E-state index is 13.8. The number of nitrogens with one attached hydrogen (secondary N) is 1. The highest BCUT2D eigenvalue weighted by atomic mass is 19.1. The number of hydrogen-bond donors (Lipinski definition) is 1. The minimum Gasteiger partial charge on any atom is -0.494 e. The fraction of sp³-hybridized carbons (Fsp3) is 0.200.